The first-order valence-electron chi connectivity index (χ1n) is 9.38. The molecule has 0 N–H and O–H groups in total. The zero-order chi connectivity index (χ0) is 18.2. The predicted octanol–water partition coefficient (Wildman–Crippen LogP) is 5.28. The van der Waals surface area contributed by atoms with Gasteiger partial charge in [0.25, 0.3) is 0 Å². The number of furan rings is 1. The number of rotatable bonds is 1. The second-order valence-corrected chi connectivity index (χ2v) is 8.35. The Balaban J connectivity index is 1.99. The third-order valence-electron chi connectivity index (χ3n) is 5.93. The average Bonchev–Trinajstić information content (AvgIpc) is 2.88. The van der Waals surface area contributed by atoms with E-state index in [0.717, 1.165) is 31.4 Å². The molecule has 1 aromatic rings. The molecule has 3 rings (SSSR count). The summed E-state index contributed by atoms with van der Waals surface area (Å²) < 4.78 is 11.5. The summed E-state index contributed by atoms with van der Waals surface area (Å²) in [5.41, 5.74) is 5.26. The highest BCUT2D eigenvalue weighted by Gasteiger charge is 2.39. The molecule has 0 fully saturated rings. The molecule has 3 nitrogen and oxygen atoms in total. The van der Waals surface area contributed by atoms with E-state index < -0.39 is 0 Å². The first kappa shape index (κ1) is 18.0. The van der Waals surface area contributed by atoms with Gasteiger partial charge in [0.15, 0.2) is 0 Å². The largest absolute Gasteiger partial charge is 0.468 e. The molecule has 0 saturated carbocycles. The zero-order valence-corrected chi connectivity index (χ0v) is 16.0. The Labute approximate surface area is 151 Å². The van der Waals surface area contributed by atoms with Gasteiger partial charge in [-0.1, -0.05) is 31.6 Å². The van der Waals surface area contributed by atoms with Crippen LogP contribution in [-0.2, 0) is 27.8 Å². The number of carbonyl (C=O) groups is 1. The summed E-state index contributed by atoms with van der Waals surface area (Å²) in [4.78, 5) is 11.4. The van der Waals surface area contributed by atoms with Crippen LogP contribution in [-0.4, -0.2) is 12.1 Å². The van der Waals surface area contributed by atoms with E-state index in [2.05, 4.69) is 33.4 Å². The Morgan fingerprint density at radius 2 is 2.04 bits per heavy atom. The van der Waals surface area contributed by atoms with Crippen LogP contribution in [0.5, 0.6) is 0 Å². The SMILES string of the molecule is C=C1CCC2CCc3coc(c3C2(C)C)CC(C)=CC(OC(C)=O)C1. The fraction of sp³-hybridized carbons (Fsp3) is 0.591. The summed E-state index contributed by atoms with van der Waals surface area (Å²) in [6.07, 6.45) is 9.71. The van der Waals surface area contributed by atoms with Crippen molar-refractivity contribution in [2.45, 2.75) is 77.7 Å². The molecule has 25 heavy (non-hydrogen) atoms. The summed E-state index contributed by atoms with van der Waals surface area (Å²) in [5.74, 6) is 1.47. The van der Waals surface area contributed by atoms with E-state index in [1.165, 1.54) is 35.6 Å². The maximum atomic E-state index is 11.4. The first-order chi connectivity index (χ1) is 11.8. The lowest BCUT2D eigenvalue weighted by Crippen LogP contribution is -2.34. The molecule has 2 atom stereocenters. The van der Waals surface area contributed by atoms with Crippen molar-refractivity contribution in [1.82, 2.24) is 0 Å². The number of aryl methyl sites for hydroxylation is 1. The molecule has 0 amide bonds. The van der Waals surface area contributed by atoms with Crippen LogP contribution in [0.4, 0.5) is 0 Å². The normalized spacial score (nSPS) is 26.2. The highest BCUT2D eigenvalue weighted by molar-refractivity contribution is 5.66. The van der Waals surface area contributed by atoms with Crippen molar-refractivity contribution >= 4 is 5.97 Å². The van der Waals surface area contributed by atoms with E-state index in [-0.39, 0.29) is 17.5 Å². The van der Waals surface area contributed by atoms with Gasteiger partial charge in [-0.2, -0.15) is 0 Å². The molecular formula is C22H30O3. The average molecular weight is 342 g/mol. The lowest BCUT2D eigenvalue weighted by atomic mass is 9.64. The molecule has 0 saturated heterocycles. The van der Waals surface area contributed by atoms with Crippen molar-refractivity contribution in [2.75, 3.05) is 0 Å². The van der Waals surface area contributed by atoms with Crippen LogP contribution in [0.2, 0.25) is 0 Å². The smallest absolute Gasteiger partial charge is 0.303 e. The molecule has 2 bridgehead atoms. The highest BCUT2D eigenvalue weighted by atomic mass is 16.5. The second-order valence-electron chi connectivity index (χ2n) is 8.35. The molecule has 0 radical (unpaired) electrons. The summed E-state index contributed by atoms with van der Waals surface area (Å²) in [6.45, 7) is 12.5. The molecule has 0 spiro atoms. The van der Waals surface area contributed by atoms with Gasteiger partial charge in [0.2, 0.25) is 0 Å². The summed E-state index contributed by atoms with van der Waals surface area (Å²) in [6, 6.07) is 0. The van der Waals surface area contributed by atoms with Gasteiger partial charge in [-0.05, 0) is 55.6 Å². The van der Waals surface area contributed by atoms with Crippen molar-refractivity contribution in [3.05, 3.63) is 47.0 Å². The molecule has 2 unspecified atom stereocenters. The molecular weight excluding hydrogens is 312 g/mol. The van der Waals surface area contributed by atoms with Crippen molar-refractivity contribution in [2.24, 2.45) is 5.92 Å². The van der Waals surface area contributed by atoms with Gasteiger partial charge >= 0.3 is 5.97 Å². The van der Waals surface area contributed by atoms with E-state index in [1.54, 1.807) is 0 Å². The predicted molar refractivity (Wildman–Crippen MR) is 99.6 cm³/mol. The number of hydrogen-bond acceptors (Lipinski definition) is 3. The quantitative estimate of drug-likeness (QED) is 0.515. The molecule has 0 aromatic carbocycles. The third-order valence-corrected chi connectivity index (χ3v) is 5.93. The molecule has 0 aliphatic heterocycles. The van der Waals surface area contributed by atoms with E-state index in [1.807, 2.05) is 6.26 Å². The molecule has 1 heterocycles. The van der Waals surface area contributed by atoms with Crippen LogP contribution < -0.4 is 0 Å². The van der Waals surface area contributed by atoms with Crippen molar-refractivity contribution in [1.29, 1.82) is 0 Å². The van der Waals surface area contributed by atoms with Gasteiger partial charge in [-0.15, -0.1) is 0 Å². The minimum atomic E-state index is -0.241. The molecule has 136 valence electrons. The lowest BCUT2D eigenvalue weighted by Gasteiger charge is -2.40. The molecule has 2 aliphatic rings. The molecule has 1 aromatic heterocycles. The van der Waals surface area contributed by atoms with Crippen LogP contribution in [0.25, 0.3) is 0 Å². The molecule has 2 aliphatic carbocycles. The minimum absolute atomic E-state index is 0.130. The lowest BCUT2D eigenvalue weighted by molar-refractivity contribution is -0.144. The van der Waals surface area contributed by atoms with Crippen LogP contribution in [0, 0.1) is 5.92 Å². The van der Waals surface area contributed by atoms with Gasteiger partial charge < -0.3 is 9.15 Å². The van der Waals surface area contributed by atoms with Crippen molar-refractivity contribution < 1.29 is 13.9 Å². The Hall–Kier alpha value is -1.77. The number of ether oxygens (including phenoxy) is 1. The van der Waals surface area contributed by atoms with Gasteiger partial charge in [0.05, 0.1) is 6.26 Å². The first-order valence-corrected chi connectivity index (χ1v) is 9.38. The third kappa shape index (κ3) is 3.75. The van der Waals surface area contributed by atoms with E-state index >= 15 is 0 Å². The monoisotopic (exact) mass is 342 g/mol. The maximum Gasteiger partial charge on any atom is 0.303 e. The Morgan fingerprint density at radius 3 is 2.76 bits per heavy atom. The van der Waals surface area contributed by atoms with Crippen molar-refractivity contribution in [3.63, 3.8) is 0 Å². The summed E-state index contributed by atoms with van der Waals surface area (Å²) in [5, 5.41) is 0. The van der Waals surface area contributed by atoms with Gasteiger partial charge in [-0.25, -0.2) is 0 Å². The van der Waals surface area contributed by atoms with Crippen molar-refractivity contribution in [3.8, 4) is 0 Å². The highest BCUT2D eigenvalue weighted by Crippen LogP contribution is 2.46. The number of allylic oxidation sites excluding steroid dienone is 1. The van der Waals surface area contributed by atoms with Crippen LogP contribution in [0.3, 0.4) is 0 Å². The second kappa shape index (κ2) is 6.86. The van der Waals surface area contributed by atoms with Crippen LogP contribution in [0.1, 0.15) is 70.3 Å². The Kier molecular flexibility index (Phi) is 4.95. The minimum Gasteiger partial charge on any atom is -0.468 e. The van der Waals surface area contributed by atoms with Crippen LogP contribution >= 0.6 is 0 Å². The Bertz CT molecular complexity index is 705. The topological polar surface area (TPSA) is 39.4 Å². The van der Waals surface area contributed by atoms with Crippen LogP contribution in [0.15, 0.2) is 34.5 Å². The Morgan fingerprint density at radius 1 is 1.32 bits per heavy atom. The maximum absolute atomic E-state index is 11.4. The van der Waals surface area contributed by atoms with E-state index in [4.69, 9.17) is 9.15 Å². The number of hydrogen-bond donors (Lipinski definition) is 0. The number of fused-ring (bicyclic) bond motifs is 1. The van der Waals surface area contributed by atoms with Gasteiger partial charge in [-0.3, -0.25) is 4.79 Å². The summed E-state index contributed by atoms with van der Waals surface area (Å²) in [7, 11) is 0. The standard InChI is InChI=1S/C22H30O3/c1-14-6-8-18-9-7-17-13-24-20(21(17)22(18,4)5)12-15(2)11-19(10-14)25-16(3)23/h11,13,18-19H,1,6-10,12H2,2-5H3. The van der Waals surface area contributed by atoms with E-state index in [9.17, 15) is 4.79 Å². The molecule has 3 heteroatoms. The fourth-order valence-electron chi connectivity index (χ4n) is 4.67. The fourth-order valence-corrected chi connectivity index (χ4v) is 4.67. The van der Waals surface area contributed by atoms with Gasteiger partial charge in [0, 0.05) is 25.3 Å². The number of carbonyl (C=O) groups excluding carboxylic acids is 1. The van der Waals surface area contributed by atoms with Gasteiger partial charge in [0.1, 0.15) is 11.9 Å². The summed E-state index contributed by atoms with van der Waals surface area (Å²) >= 11 is 0. The van der Waals surface area contributed by atoms with E-state index in [0.29, 0.717) is 12.3 Å². The zero-order valence-electron chi connectivity index (χ0n) is 16.0. The number of esters is 1.